The molecule has 0 saturated heterocycles. The molecular formula is C12H11ClN2O3S. The van der Waals surface area contributed by atoms with Gasteiger partial charge < -0.3 is 0 Å². The molecule has 19 heavy (non-hydrogen) atoms. The van der Waals surface area contributed by atoms with E-state index in [4.69, 9.17) is 11.6 Å². The number of hydrogen-bond acceptors (Lipinski definition) is 4. The molecule has 0 aliphatic rings. The van der Waals surface area contributed by atoms with Crippen LogP contribution >= 0.6 is 22.9 Å². The molecule has 0 bridgehead atoms. The Labute approximate surface area is 117 Å². The largest absolute Gasteiger partial charge is 0.291 e. The number of aromatic nitrogens is 2. The van der Waals surface area contributed by atoms with Crippen LogP contribution in [-0.2, 0) is 6.54 Å². The van der Waals surface area contributed by atoms with Crippen molar-refractivity contribution in [3.63, 3.8) is 0 Å². The molecule has 2 heterocycles. The molecule has 0 aliphatic carbocycles. The average Bonchev–Trinajstić information content (AvgIpc) is 2.80. The van der Waals surface area contributed by atoms with E-state index in [-0.39, 0.29) is 23.4 Å². The Bertz CT molecular complexity index is 757. The molecule has 0 amide bonds. The molecule has 7 heteroatoms. The zero-order chi connectivity index (χ0) is 14.2. The normalized spacial score (nSPS) is 10.7. The van der Waals surface area contributed by atoms with Crippen molar-refractivity contribution in [2.24, 2.45) is 0 Å². The zero-order valence-electron chi connectivity index (χ0n) is 10.3. The van der Waals surface area contributed by atoms with Gasteiger partial charge in [-0.05, 0) is 26.0 Å². The fourth-order valence-electron chi connectivity index (χ4n) is 1.59. The topological polar surface area (TPSA) is 71.9 Å². The summed E-state index contributed by atoms with van der Waals surface area (Å²) in [5.41, 5.74) is -0.0177. The Morgan fingerprint density at radius 3 is 2.58 bits per heavy atom. The Morgan fingerprint density at radius 2 is 2.00 bits per heavy atom. The summed E-state index contributed by atoms with van der Waals surface area (Å²) in [6, 6.07) is 3.21. The second-order valence-electron chi connectivity index (χ2n) is 4.11. The summed E-state index contributed by atoms with van der Waals surface area (Å²) in [5.74, 6) is -0.266. The second kappa shape index (κ2) is 5.14. The molecule has 100 valence electrons. The van der Waals surface area contributed by atoms with Crippen molar-refractivity contribution in [3.8, 4) is 0 Å². The van der Waals surface area contributed by atoms with E-state index in [1.807, 2.05) is 0 Å². The summed E-state index contributed by atoms with van der Waals surface area (Å²) >= 11 is 6.89. The van der Waals surface area contributed by atoms with Gasteiger partial charge in [0.05, 0.1) is 9.21 Å². The van der Waals surface area contributed by atoms with E-state index in [9.17, 15) is 14.4 Å². The molecule has 2 aromatic rings. The highest BCUT2D eigenvalue weighted by atomic mass is 35.5. The van der Waals surface area contributed by atoms with E-state index >= 15 is 0 Å². The zero-order valence-corrected chi connectivity index (χ0v) is 11.9. The number of carbonyl (C=O) groups excluding carboxylic acids is 1. The van der Waals surface area contributed by atoms with Crippen LogP contribution in [0.3, 0.4) is 0 Å². The van der Waals surface area contributed by atoms with Crippen molar-refractivity contribution in [3.05, 3.63) is 53.2 Å². The summed E-state index contributed by atoms with van der Waals surface area (Å²) in [7, 11) is 0. The van der Waals surface area contributed by atoms with Gasteiger partial charge in [-0.1, -0.05) is 11.6 Å². The average molecular weight is 299 g/mol. The minimum atomic E-state index is -0.367. The third kappa shape index (κ3) is 2.69. The van der Waals surface area contributed by atoms with Crippen molar-refractivity contribution >= 4 is 28.7 Å². The van der Waals surface area contributed by atoms with Crippen molar-refractivity contribution in [1.82, 2.24) is 9.78 Å². The SMILES string of the molecule is Cc1c(C)c(=O)n(CC(=O)c2ccc(Cl)s2)[nH]c1=O. The number of nitrogens with one attached hydrogen (secondary N) is 1. The van der Waals surface area contributed by atoms with E-state index < -0.39 is 0 Å². The lowest BCUT2D eigenvalue weighted by atomic mass is 10.2. The number of aromatic amines is 1. The molecule has 2 aromatic heterocycles. The summed E-state index contributed by atoms with van der Waals surface area (Å²) in [6.07, 6.45) is 0. The first-order chi connectivity index (χ1) is 8.90. The van der Waals surface area contributed by atoms with Crippen molar-refractivity contribution in [2.75, 3.05) is 0 Å². The molecule has 2 rings (SSSR count). The Morgan fingerprint density at radius 1 is 1.32 bits per heavy atom. The van der Waals surface area contributed by atoms with Gasteiger partial charge in [0.2, 0.25) is 0 Å². The summed E-state index contributed by atoms with van der Waals surface area (Å²) < 4.78 is 1.53. The highest BCUT2D eigenvalue weighted by Gasteiger charge is 2.13. The fraction of sp³-hybridized carbons (Fsp3) is 0.250. The molecule has 0 aliphatic heterocycles. The van der Waals surface area contributed by atoms with Gasteiger partial charge in [-0.2, -0.15) is 0 Å². The van der Waals surface area contributed by atoms with Crippen molar-refractivity contribution in [2.45, 2.75) is 20.4 Å². The molecule has 0 saturated carbocycles. The quantitative estimate of drug-likeness (QED) is 0.878. The van der Waals surface area contributed by atoms with Gasteiger partial charge in [0, 0.05) is 11.1 Å². The van der Waals surface area contributed by atoms with Crippen LogP contribution in [0.1, 0.15) is 20.8 Å². The smallest absolute Gasteiger partial charge is 0.268 e. The van der Waals surface area contributed by atoms with Crippen LogP contribution < -0.4 is 11.1 Å². The number of carbonyl (C=O) groups is 1. The van der Waals surface area contributed by atoms with Crippen LogP contribution in [0, 0.1) is 13.8 Å². The molecule has 1 N–H and O–H groups in total. The summed E-state index contributed by atoms with van der Waals surface area (Å²) in [4.78, 5) is 35.9. The Hall–Kier alpha value is -1.66. The molecule has 0 unspecified atom stereocenters. The minimum Gasteiger partial charge on any atom is -0.291 e. The lowest BCUT2D eigenvalue weighted by molar-refractivity contribution is 0.0969. The standard InChI is InChI=1S/C12H11ClN2O3S/c1-6-7(2)12(18)15(14-11(6)17)5-8(16)9-3-4-10(13)19-9/h3-4H,5H2,1-2H3,(H,14,17). The number of rotatable bonds is 3. The van der Waals surface area contributed by atoms with Crippen LogP contribution in [0.4, 0.5) is 0 Å². The van der Waals surface area contributed by atoms with Crippen LogP contribution in [0.5, 0.6) is 0 Å². The molecule has 0 atom stereocenters. The maximum absolute atomic E-state index is 12.0. The number of nitrogens with zero attached hydrogens (tertiary/aromatic N) is 1. The lowest BCUT2D eigenvalue weighted by Crippen LogP contribution is -2.35. The van der Waals surface area contributed by atoms with E-state index in [0.717, 1.165) is 16.0 Å². The maximum Gasteiger partial charge on any atom is 0.268 e. The fourth-order valence-corrected chi connectivity index (χ4v) is 2.56. The predicted molar refractivity (Wildman–Crippen MR) is 74.5 cm³/mol. The first kappa shape index (κ1) is 13.8. The van der Waals surface area contributed by atoms with Gasteiger partial charge in [0.1, 0.15) is 6.54 Å². The van der Waals surface area contributed by atoms with Gasteiger partial charge >= 0.3 is 0 Å². The number of Topliss-reactive ketones (excluding diaryl/α,β-unsaturated/α-hetero) is 1. The third-order valence-corrected chi connectivity index (χ3v) is 4.13. The van der Waals surface area contributed by atoms with E-state index in [1.165, 1.54) is 0 Å². The summed E-state index contributed by atoms with van der Waals surface area (Å²) in [5, 5.41) is 2.39. The highest BCUT2D eigenvalue weighted by Crippen LogP contribution is 2.21. The number of ketones is 1. The van der Waals surface area contributed by atoms with Gasteiger partial charge in [-0.25, -0.2) is 4.68 Å². The van der Waals surface area contributed by atoms with Gasteiger partial charge in [0.25, 0.3) is 11.1 Å². The van der Waals surface area contributed by atoms with Crippen LogP contribution in [0.25, 0.3) is 0 Å². The van der Waals surface area contributed by atoms with Crippen molar-refractivity contribution < 1.29 is 4.79 Å². The first-order valence-corrected chi connectivity index (χ1v) is 6.68. The number of thiophene rings is 1. The molecule has 0 radical (unpaired) electrons. The monoisotopic (exact) mass is 298 g/mol. The lowest BCUT2D eigenvalue weighted by Gasteiger charge is -2.06. The number of H-pyrrole nitrogens is 1. The molecule has 0 spiro atoms. The summed E-state index contributed by atoms with van der Waals surface area (Å²) in [6.45, 7) is 2.93. The molecule has 5 nitrogen and oxygen atoms in total. The van der Waals surface area contributed by atoms with Crippen LogP contribution in [-0.4, -0.2) is 15.6 Å². The Kier molecular flexibility index (Phi) is 3.73. The minimum absolute atomic E-state index is 0.202. The third-order valence-electron chi connectivity index (χ3n) is 2.86. The highest BCUT2D eigenvalue weighted by molar-refractivity contribution is 7.18. The van der Waals surface area contributed by atoms with Crippen LogP contribution in [0.2, 0.25) is 4.34 Å². The first-order valence-electron chi connectivity index (χ1n) is 5.49. The second-order valence-corrected chi connectivity index (χ2v) is 5.82. The van der Waals surface area contributed by atoms with Gasteiger partial charge in [-0.3, -0.25) is 19.5 Å². The number of halogens is 1. The van der Waals surface area contributed by atoms with E-state index in [1.54, 1.807) is 26.0 Å². The number of hydrogen-bond donors (Lipinski definition) is 1. The van der Waals surface area contributed by atoms with E-state index in [0.29, 0.717) is 20.3 Å². The molecule has 0 aromatic carbocycles. The molecule has 0 fully saturated rings. The van der Waals surface area contributed by atoms with Gasteiger partial charge in [0.15, 0.2) is 5.78 Å². The maximum atomic E-state index is 12.0. The van der Waals surface area contributed by atoms with Gasteiger partial charge in [-0.15, -0.1) is 11.3 Å². The van der Waals surface area contributed by atoms with Crippen LogP contribution in [0.15, 0.2) is 21.7 Å². The Balaban J connectivity index is 2.37. The van der Waals surface area contributed by atoms with Crippen molar-refractivity contribution in [1.29, 1.82) is 0 Å². The van der Waals surface area contributed by atoms with E-state index in [2.05, 4.69) is 5.10 Å². The predicted octanol–water partition coefficient (Wildman–Crippen LogP) is 1.75. The molecular weight excluding hydrogens is 288 g/mol.